The van der Waals surface area contributed by atoms with Crippen LogP contribution in [0.5, 0.6) is 11.5 Å². The number of methoxy groups -OCH3 is 2. The van der Waals surface area contributed by atoms with Gasteiger partial charge in [0.1, 0.15) is 23.1 Å². The predicted molar refractivity (Wildman–Crippen MR) is 101 cm³/mol. The third-order valence-corrected chi connectivity index (χ3v) is 3.81. The molecule has 0 unspecified atom stereocenters. The first-order chi connectivity index (χ1) is 13.1. The Morgan fingerprint density at radius 3 is 2.52 bits per heavy atom. The van der Waals surface area contributed by atoms with Gasteiger partial charge in [0.05, 0.1) is 37.4 Å². The van der Waals surface area contributed by atoms with Crippen molar-refractivity contribution in [2.45, 2.75) is 0 Å². The summed E-state index contributed by atoms with van der Waals surface area (Å²) in [6.07, 6.45) is 1.48. The van der Waals surface area contributed by atoms with Gasteiger partial charge in [-0.1, -0.05) is 12.1 Å². The van der Waals surface area contributed by atoms with Crippen molar-refractivity contribution >= 4 is 23.1 Å². The highest BCUT2D eigenvalue weighted by molar-refractivity contribution is 6.04. The summed E-state index contributed by atoms with van der Waals surface area (Å²) in [6, 6.07) is 14.5. The molecule has 6 nitrogen and oxygen atoms in total. The van der Waals surface area contributed by atoms with E-state index in [4.69, 9.17) is 9.47 Å². The van der Waals surface area contributed by atoms with Crippen LogP contribution in [0.3, 0.4) is 0 Å². The molecule has 1 heterocycles. The summed E-state index contributed by atoms with van der Waals surface area (Å²) in [4.78, 5) is 16.4. The zero-order valence-electron chi connectivity index (χ0n) is 14.8. The molecule has 0 saturated carbocycles. The van der Waals surface area contributed by atoms with Crippen molar-refractivity contribution in [2.24, 2.45) is 0 Å². The number of benzene rings is 2. The molecular weight excluding hydrogens is 349 g/mol. The number of hydrogen-bond donors (Lipinski definition) is 2. The Morgan fingerprint density at radius 1 is 1.04 bits per heavy atom. The van der Waals surface area contributed by atoms with Gasteiger partial charge in [0.25, 0.3) is 5.91 Å². The summed E-state index contributed by atoms with van der Waals surface area (Å²) in [7, 11) is 3.15. The number of carbonyl (C=O) groups excluding carboxylic acids is 1. The van der Waals surface area contributed by atoms with Gasteiger partial charge in [0.2, 0.25) is 0 Å². The molecule has 1 amide bonds. The Balaban J connectivity index is 1.73. The van der Waals surface area contributed by atoms with Crippen LogP contribution in [0.15, 0.2) is 60.8 Å². The van der Waals surface area contributed by atoms with E-state index in [9.17, 15) is 9.18 Å². The maximum absolute atomic E-state index is 13.7. The minimum atomic E-state index is -0.577. The van der Waals surface area contributed by atoms with Gasteiger partial charge in [0, 0.05) is 6.07 Å². The average Bonchev–Trinajstić information content (AvgIpc) is 2.69. The van der Waals surface area contributed by atoms with Crippen LogP contribution >= 0.6 is 0 Å². The molecule has 0 atom stereocenters. The van der Waals surface area contributed by atoms with Gasteiger partial charge in [-0.25, -0.2) is 9.37 Å². The second-order valence-electron chi connectivity index (χ2n) is 5.56. The summed E-state index contributed by atoms with van der Waals surface area (Å²) in [5.41, 5.74) is 1.11. The lowest BCUT2D eigenvalue weighted by molar-refractivity contribution is 0.102. The van der Waals surface area contributed by atoms with Crippen molar-refractivity contribution in [1.29, 1.82) is 0 Å². The van der Waals surface area contributed by atoms with Gasteiger partial charge in [-0.2, -0.15) is 0 Å². The lowest BCUT2D eigenvalue weighted by atomic mass is 10.2. The highest BCUT2D eigenvalue weighted by atomic mass is 19.1. The average molecular weight is 367 g/mol. The molecule has 0 aliphatic rings. The van der Waals surface area contributed by atoms with Crippen molar-refractivity contribution in [3.05, 3.63) is 72.2 Å². The van der Waals surface area contributed by atoms with Crippen molar-refractivity contribution < 1.29 is 18.7 Å². The summed E-state index contributed by atoms with van der Waals surface area (Å²) in [5, 5.41) is 5.75. The lowest BCUT2D eigenvalue weighted by Crippen LogP contribution is -2.13. The summed E-state index contributed by atoms with van der Waals surface area (Å²) >= 11 is 0. The SMILES string of the molecule is COc1ccc(OC)c(Nc2ccc(NC(=O)c3ccccc3F)cn2)c1. The monoisotopic (exact) mass is 367 g/mol. The largest absolute Gasteiger partial charge is 0.497 e. The molecule has 0 aliphatic carbocycles. The summed E-state index contributed by atoms with van der Waals surface area (Å²) in [5.74, 6) is 0.739. The Bertz CT molecular complexity index is 945. The number of pyridine rings is 1. The first-order valence-corrected chi connectivity index (χ1v) is 8.11. The number of hydrogen-bond acceptors (Lipinski definition) is 5. The smallest absolute Gasteiger partial charge is 0.258 e. The lowest BCUT2D eigenvalue weighted by Gasteiger charge is -2.12. The molecule has 27 heavy (non-hydrogen) atoms. The number of aromatic nitrogens is 1. The van der Waals surface area contributed by atoms with E-state index in [1.54, 1.807) is 50.6 Å². The van der Waals surface area contributed by atoms with Gasteiger partial charge in [0.15, 0.2) is 0 Å². The fourth-order valence-corrected chi connectivity index (χ4v) is 2.44. The number of nitrogens with one attached hydrogen (secondary N) is 2. The highest BCUT2D eigenvalue weighted by Crippen LogP contribution is 2.31. The van der Waals surface area contributed by atoms with Gasteiger partial charge in [-0.05, 0) is 36.4 Å². The van der Waals surface area contributed by atoms with Crippen LogP contribution in [-0.2, 0) is 0 Å². The standard InChI is InChI=1S/C20H18FN3O3/c1-26-14-8-9-18(27-2)17(11-14)24-19-10-7-13(12-22-19)23-20(25)15-5-3-4-6-16(15)21/h3-12H,1-2H3,(H,22,24)(H,23,25). The van der Waals surface area contributed by atoms with Crippen LogP contribution < -0.4 is 20.1 Å². The van der Waals surface area contributed by atoms with E-state index in [0.717, 1.165) is 0 Å². The maximum Gasteiger partial charge on any atom is 0.258 e. The molecule has 0 saturated heterocycles. The summed E-state index contributed by atoms with van der Waals surface area (Å²) < 4.78 is 24.2. The van der Waals surface area contributed by atoms with Crippen molar-refractivity contribution in [1.82, 2.24) is 4.98 Å². The van der Waals surface area contributed by atoms with Crippen LogP contribution in [0.2, 0.25) is 0 Å². The molecule has 7 heteroatoms. The highest BCUT2D eigenvalue weighted by Gasteiger charge is 2.11. The number of ether oxygens (including phenoxy) is 2. The van der Waals surface area contributed by atoms with Gasteiger partial charge >= 0.3 is 0 Å². The number of halogens is 1. The Hall–Kier alpha value is -3.61. The fourth-order valence-electron chi connectivity index (χ4n) is 2.44. The minimum Gasteiger partial charge on any atom is -0.497 e. The molecular formula is C20H18FN3O3. The van der Waals surface area contributed by atoms with Crippen molar-refractivity contribution in [2.75, 3.05) is 24.9 Å². The Morgan fingerprint density at radius 2 is 1.85 bits per heavy atom. The first-order valence-electron chi connectivity index (χ1n) is 8.11. The van der Waals surface area contributed by atoms with Crippen molar-refractivity contribution in [3.63, 3.8) is 0 Å². The van der Waals surface area contributed by atoms with E-state index in [1.807, 2.05) is 0 Å². The number of nitrogens with zero attached hydrogens (tertiary/aromatic N) is 1. The zero-order valence-corrected chi connectivity index (χ0v) is 14.8. The van der Waals surface area contributed by atoms with Gasteiger partial charge < -0.3 is 20.1 Å². The second kappa shape index (κ2) is 8.18. The van der Waals surface area contributed by atoms with E-state index >= 15 is 0 Å². The third kappa shape index (κ3) is 4.33. The molecule has 2 aromatic carbocycles. The van der Waals surface area contributed by atoms with E-state index < -0.39 is 11.7 Å². The van der Waals surface area contributed by atoms with E-state index in [-0.39, 0.29) is 5.56 Å². The molecule has 0 spiro atoms. The molecule has 0 radical (unpaired) electrons. The van der Waals surface area contributed by atoms with Crippen LogP contribution in [0, 0.1) is 5.82 Å². The van der Waals surface area contributed by atoms with E-state index in [0.29, 0.717) is 28.7 Å². The van der Waals surface area contributed by atoms with Gasteiger partial charge in [-0.3, -0.25) is 4.79 Å². The topological polar surface area (TPSA) is 72.5 Å². The molecule has 0 bridgehead atoms. The molecule has 3 rings (SSSR count). The van der Waals surface area contributed by atoms with Crippen molar-refractivity contribution in [3.8, 4) is 11.5 Å². The summed E-state index contributed by atoms with van der Waals surface area (Å²) in [6.45, 7) is 0. The van der Waals surface area contributed by atoms with Gasteiger partial charge in [-0.15, -0.1) is 0 Å². The van der Waals surface area contributed by atoms with Crippen LogP contribution in [0.1, 0.15) is 10.4 Å². The zero-order chi connectivity index (χ0) is 19.2. The molecule has 3 aromatic rings. The first kappa shape index (κ1) is 18.2. The molecule has 2 N–H and O–H groups in total. The van der Waals surface area contributed by atoms with E-state index in [1.165, 1.54) is 24.4 Å². The number of amides is 1. The second-order valence-corrected chi connectivity index (χ2v) is 5.56. The fraction of sp³-hybridized carbons (Fsp3) is 0.100. The normalized spacial score (nSPS) is 10.2. The minimum absolute atomic E-state index is 0.0270. The molecule has 138 valence electrons. The number of rotatable bonds is 6. The van der Waals surface area contributed by atoms with Crippen LogP contribution in [0.25, 0.3) is 0 Å². The quantitative estimate of drug-likeness (QED) is 0.682. The third-order valence-electron chi connectivity index (χ3n) is 3.81. The maximum atomic E-state index is 13.7. The predicted octanol–water partition coefficient (Wildman–Crippen LogP) is 4.23. The van der Waals surface area contributed by atoms with Crippen LogP contribution in [0.4, 0.5) is 21.6 Å². The molecule has 1 aromatic heterocycles. The number of carbonyl (C=O) groups is 1. The molecule has 0 fully saturated rings. The van der Waals surface area contributed by atoms with E-state index in [2.05, 4.69) is 15.6 Å². The Kier molecular flexibility index (Phi) is 5.51. The Labute approximate surface area is 156 Å². The number of anilines is 3. The molecule has 0 aliphatic heterocycles. The van der Waals surface area contributed by atoms with Crippen LogP contribution in [-0.4, -0.2) is 25.1 Å².